The van der Waals surface area contributed by atoms with Crippen molar-refractivity contribution in [1.29, 1.82) is 0 Å². The number of carbonyl (C=O) groups is 1. The van der Waals surface area contributed by atoms with Crippen LogP contribution < -0.4 is 5.32 Å². The van der Waals surface area contributed by atoms with E-state index in [1.165, 1.54) is 6.07 Å². The maximum atomic E-state index is 10.5. The first-order chi connectivity index (χ1) is 7.65. The van der Waals surface area contributed by atoms with Crippen molar-refractivity contribution in [2.24, 2.45) is 7.05 Å². The highest BCUT2D eigenvalue weighted by Crippen LogP contribution is 2.11. The van der Waals surface area contributed by atoms with Gasteiger partial charge in [-0.2, -0.15) is 5.10 Å². The summed E-state index contributed by atoms with van der Waals surface area (Å²) in [5, 5.41) is 22.8. The van der Waals surface area contributed by atoms with Gasteiger partial charge in [-0.1, -0.05) is 0 Å². The molecule has 7 nitrogen and oxygen atoms in total. The summed E-state index contributed by atoms with van der Waals surface area (Å²) in [5.74, 6) is -0.626. The molecular weight excluding hydrogens is 210 g/mol. The fourth-order valence-electron chi connectivity index (χ4n) is 1.15. The topological polar surface area (TPSA) is 92.9 Å². The summed E-state index contributed by atoms with van der Waals surface area (Å²) < 4.78 is 1.64. The largest absolute Gasteiger partial charge is 0.476 e. The van der Waals surface area contributed by atoms with Crippen molar-refractivity contribution in [1.82, 2.24) is 20.0 Å². The molecule has 2 heterocycles. The highest BCUT2D eigenvalue weighted by molar-refractivity contribution is 5.85. The van der Waals surface area contributed by atoms with Crippen LogP contribution in [0.2, 0.25) is 0 Å². The number of carboxylic acid groups (broad SMARTS) is 1. The molecule has 2 N–H and O–H groups in total. The number of aromatic carboxylic acids is 1. The van der Waals surface area contributed by atoms with E-state index in [2.05, 4.69) is 20.6 Å². The molecular formula is C9H9N5O2. The molecule has 0 aliphatic heterocycles. The lowest BCUT2D eigenvalue weighted by atomic mass is 10.4. The lowest BCUT2D eigenvalue weighted by Crippen LogP contribution is -2.03. The second-order valence-corrected chi connectivity index (χ2v) is 3.14. The minimum atomic E-state index is -1.10. The van der Waals surface area contributed by atoms with Gasteiger partial charge in [-0.05, 0) is 12.1 Å². The third-order valence-corrected chi connectivity index (χ3v) is 1.86. The SMILES string of the molecule is Cn1cc(Nc2ccc(C(=O)O)nn2)cn1. The number of aryl methyl sites for hydroxylation is 1. The Morgan fingerprint density at radius 3 is 2.75 bits per heavy atom. The lowest BCUT2D eigenvalue weighted by Gasteiger charge is -2.00. The quantitative estimate of drug-likeness (QED) is 0.787. The van der Waals surface area contributed by atoms with E-state index in [4.69, 9.17) is 5.11 Å². The Kier molecular flexibility index (Phi) is 2.50. The number of aromatic nitrogens is 4. The van der Waals surface area contributed by atoms with Crippen molar-refractivity contribution >= 4 is 17.5 Å². The molecule has 0 amide bonds. The van der Waals surface area contributed by atoms with E-state index >= 15 is 0 Å². The Morgan fingerprint density at radius 2 is 2.25 bits per heavy atom. The second kappa shape index (κ2) is 3.97. The molecule has 0 spiro atoms. The first kappa shape index (κ1) is 10.1. The highest BCUT2D eigenvalue weighted by Gasteiger charge is 2.05. The molecule has 0 saturated heterocycles. The smallest absolute Gasteiger partial charge is 0.356 e. The summed E-state index contributed by atoms with van der Waals surface area (Å²) in [6, 6.07) is 2.93. The van der Waals surface area contributed by atoms with Gasteiger partial charge in [-0.3, -0.25) is 4.68 Å². The zero-order chi connectivity index (χ0) is 11.5. The van der Waals surface area contributed by atoms with Gasteiger partial charge in [0, 0.05) is 13.2 Å². The van der Waals surface area contributed by atoms with Gasteiger partial charge >= 0.3 is 5.97 Å². The van der Waals surface area contributed by atoms with Crippen molar-refractivity contribution in [3.63, 3.8) is 0 Å². The first-order valence-electron chi connectivity index (χ1n) is 4.48. The van der Waals surface area contributed by atoms with E-state index in [9.17, 15) is 4.79 Å². The summed E-state index contributed by atoms with van der Waals surface area (Å²) in [7, 11) is 1.80. The van der Waals surface area contributed by atoms with Crippen LogP contribution in [0.4, 0.5) is 11.5 Å². The molecule has 16 heavy (non-hydrogen) atoms. The summed E-state index contributed by atoms with van der Waals surface area (Å²) in [6.45, 7) is 0. The third-order valence-electron chi connectivity index (χ3n) is 1.86. The number of nitrogens with zero attached hydrogens (tertiary/aromatic N) is 4. The van der Waals surface area contributed by atoms with E-state index < -0.39 is 5.97 Å². The van der Waals surface area contributed by atoms with Crippen molar-refractivity contribution in [3.05, 3.63) is 30.2 Å². The Bertz CT molecular complexity index is 505. The van der Waals surface area contributed by atoms with Gasteiger partial charge in [0.05, 0.1) is 11.9 Å². The predicted octanol–water partition coefficient (Wildman–Crippen LogP) is 0.652. The molecule has 0 radical (unpaired) electrons. The minimum Gasteiger partial charge on any atom is -0.476 e. The van der Waals surface area contributed by atoms with E-state index in [-0.39, 0.29) is 5.69 Å². The van der Waals surface area contributed by atoms with Gasteiger partial charge in [-0.25, -0.2) is 4.79 Å². The van der Waals surface area contributed by atoms with E-state index in [1.807, 2.05) is 0 Å². The Morgan fingerprint density at radius 1 is 1.44 bits per heavy atom. The molecule has 0 aliphatic rings. The van der Waals surface area contributed by atoms with Crippen LogP contribution in [-0.2, 0) is 7.05 Å². The Labute approximate surface area is 90.7 Å². The van der Waals surface area contributed by atoms with Crippen molar-refractivity contribution in [2.75, 3.05) is 5.32 Å². The molecule has 0 saturated carbocycles. The van der Waals surface area contributed by atoms with Crippen LogP contribution >= 0.6 is 0 Å². The van der Waals surface area contributed by atoms with Crippen LogP contribution in [0.15, 0.2) is 24.5 Å². The number of nitrogens with one attached hydrogen (secondary N) is 1. The van der Waals surface area contributed by atoms with Gasteiger partial charge in [0.1, 0.15) is 0 Å². The number of carboxylic acids is 1. The molecule has 0 bridgehead atoms. The second-order valence-electron chi connectivity index (χ2n) is 3.14. The summed E-state index contributed by atoms with van der Waals surface area (Å²) in [6.07, 6.45) is 3.40. The minimum absolute atomic E-state index is 0.0864. The summed E-state index contributed by atoms with van der Waals surface area (Å²) in [4.78, 5) is 10.5. The molecule has 0 atom stereocenters. The lowest BCUT2D eigenvalue weighted by molar-refractivity contribution is 0.0689. The van der Waals surface area contributed by atoms with E-state index in [0.717, 1.165) is 5.69 Å². The fraction of sp³-hybridized carbons (Fsp3) is 0.111. The van der Waals surface area contributed by atoms with Crippen molar-refractivity contribution in [3.8, 4) is 0 Å². The van der Waals surface area contributed by atoms with Gasteiger partial charge in [0.2, 0.25) is 0 Å². The molecule has 82 valence electrons. The predicted molar refractivity (Wildman–Crippen MR) is 55.5 cm³/mol. The Hall–Kier alpha value is -2.44. The van der Waals surface area contributed by atoms with Crippen LogP contribution in [0, 0.1) is 0 Å². The molecule has 2 aromatic rings. The Balaban J connectivity index is 2.14. The first-order valence-corrected chi connectivity index (χ1v) is 4.48. The number of anilines is 2. The average Bonchev–Trinajstić information content (AvgIpc) is 2.65. The molecule has 0 fully saturated rings. The van der Waals surface area contributed by atoms with Gasteiger partial charge in [0.25, 0.3) is 0 Å². The van der Waals surface area contributed by atoms with Gasteiger partial charge in [-0.15, -0.1) is 10.2 Å². The molecule has 2 rings (SSSR count). The summed E-state index contributed by atoms with van der Waals surface area (Å²) >= 11 is 0. The van der Waals surface area contributed by atoms with Crippen LogP contribution in [-0.4, -0.2) is 31.1 Å². The molecule has 2 aromatic heterocycles. The van der Waals surface area contributed by atoms with Gasteiger partial charge in [0.15, 0.2) is 11.5 Å². The number of hydrogen-bond acceptors (Lipinski definition) is 5. The normalized spacial score (nSPS) is 10.1. The maximum absolute atomic E-state index is 10.5. The summed E-state index contributed by atoms with van der Waals surface area (Å²) in [5.41, 5.74) is 0.677. The van der Waals surface area contributed by atoms with Crippen LogP contribution in [0.1, 0.15) is 10.5 Å². The van der Waals surface area contributed by atoms with Gasteiger partial charge < -0.3 is 10.4 Å². The van der Waals surface area contributed by atoms with E-state index in [1.54, 1.807) is 30.2 Å². The fourth-order valence-corrected chi connectivity index (χ4v) is 1.15. The highest BCUT2D eigenvalue weighted by atomic mass is 16.4. The average molecular weight is 219 g/mol. The number of rotatable bonds is 3. The van der Waals surface area contributed by atoms with Crippen molar-refractivity contribution < 1.29 is 9.90 Å². The maximum Gasteiger partial charge on any atom is 0.356 e. The van der Waals surface area contributed by atoms with Crippen LogP contribution in [0.25, 0.3) is 0 Å². The zero-order valence-electron chi connectivity index (χ0n) is 8.45. The molecule has 0 unspecified atom stereocenters. The van der Waals surface area contributed by atoms with Crippen LogP contribution in [0.3, 0.4) is 0 Å². The van der Waals surface area contributed by atoms with Crippen molar-refractivity contribution in [2.45, 2.75) is 0 Å². The molecule has 0 aromatic carbocycles. The standard InChI is InChI=1S/C9H9N5O2/c1-14-5-6(4-10-14)11-8-3-2-7(9(15)16)12-13-8/h2-5H,1H3,(H,11,13)(H,15,16). The monoisotopic (exact) mass is 219 g/mol. The van der Waals surface area contributed by atoms with Crippen LogP contribution in [0.5, 0.6) is 0 Å². The number of hydrogen-bond donors (Lipinski definition) is 2. The molecule has 0 aliphatic carbocycles. The zero-order valence-corrected chi connectivity index (χ0v) is 8.45. The molecule has 7 heteroatoms. The van der Waals surface area contributed by atoms with E-state index in [0.29, 0.717) is 5.82 Å². The third kappa shape index (κ3) is 2.14.